The number of aromatic nitrogens is 2. The Kier molecular flexibility index (Phi) is 2.90. The van der Waals surface area contributed by atoms with E-state index in [4.69, 9.17) is 21.1 Å². The molecule has 0 radical (unpaired) electrons. The summed E-state index contributed by atoms with van der Waals surface area (Å²) < 4.78 is 46.8. The van der Waals surface area contributed by atoms with Crippen molar-refractivity contribution in [3.8, 4) is 6.01 Å². The Labute approximate surface area is 93.4 Å². The maximum absolute atomic E-state index is 12.3. The first kappa shape index (κ1) is 11.4. The van der Waals surface area contributed by atoms with Crippen molar-refractivity contribution in [1.82, 2.24) is 9.97 Å². The highest BCUT2D eigenvalue weighted by molar-refractivity contribution is 6.30. The fraction of sp³-hybridized carbons (Fsp3) is 0.500. The summed E-state index contributed by atoms with van der Waals surface area (Å²) in [5, 5.41) is -0.669. The maximum atomic E-state index is 12.3. The van der Waals surface area contributed by atoms with E-state index in [1.807, 2.05) is 0 Å². The molecular weight excluding hydrogens is 249 g/mol. The highest BCUT2D eigenvalue weighted by atomic mass is 35.5. The molecule has 0 bridgehead atoms. The minimum atomic E-state index is -4.56. The van der Waals surface area contributed by atoms with Gasteiger partial charge in [-0.3, -0.25) is 0 Å². The molecule has 0 atom stereocenters. The van der Waals surface area contributed by atoms with E-state index in [0.717, 1.165) is 0 Å². The van der Waals surface area contributed by atoms with Gasteiger partial charge < -0.3 is 9.47 Å². The van der Waals surface area contributed by atoms with E-state index in [2.05, 4.69) is 9.97 Å². The zero-order valence-electron chi connectivity index (χ0n) is 7.79. The second-order valence-corrected chi connectivity index (χ2v) is 3.49. The molecule has 2 rings (SSSR count). The molecule has 0 aromatic carbocycles. The summed E-state index contributed by atoms with van der Waals surface area (Å²) >= 11 is 5.38. The molecule has 1 aromatic heterocycles. The van der Waals surface area contributed by atoms with Crippen LogP contribution in [-0.2, 0) is 10.9 Å². The number of halogens is 4. The summed E-state index contributed by atoms with van der Waals surface area (Å²) in [5.74, 6) is 0. The van der Waals surface area contributed by atoms with E-state index in [9.17, 15) is 13.2 Å². The Bertz CT molecular complexity index is 395. The van der Waals surface area contributed by atoms with Crippen molar-refractivity contribution in [1.29, 1.82) is 0 Å². The Morgan fingerprint density at radius 3 is 2.56 bits per heavy atom. The Hall–Kier alpha value is -1.08. The van der Waals surface area contributed by atoms with Gasteiger partial charge in [0.1, 0.15) is 16.8 Å². The van der Waals surface area contributed by atoms with Gasteiger partial charge in [-0.05, 0) is 0 Å². The monoisotopic (exact) mass is 254 g/mol. The molecule has 0 spiro atoms. The first-order chi connectivity index (χ1) is 7.47. The molecule has 8 heteroatoms. The molecule has 0 amide bonds. The topological polar surface area (TPSA) is 44.2 Å². The predicted octanol–water partition coefficient (Wildman–Crippen LogP) is 1.93. The smallest absolute Gasteiger partial charge is 0.420 e. The van der Waals surface area contributed by atoms with Crippen molar-refractivity contribution < 1.29 is 22.6 Å². The van der Waals surface area contributed by atoms with E-state index in [-0.39, 0.29) is 12.1 Å². The Balaban J connectivity index is 2.15. The lowest BCUT2D eigenvalue weighted by Gasteiger charge is -2.25. The van der Waals surface area contributed by atoms with Gasteiger partial charge in [-0.2, -0.15) is 18.2 Å². The lowest BCUT2D eigenvalue weighted by Crippen LogP contribution is -2.39. The van der Waals surface area contributed by atoms with Gasteiger partial charge in [0, 0.05) is 6.20 Å². The van der Waals surface area contributed by atoms with Crippen LogP contribution >= 0.6 is 11.6 Å². The summed E-state index contributed by atoms with van der Waals surface area (Å²) in [6.45, 7) is 0.754. The summed E-state index contributed by atoms with van der Waals surface area (Å²) in [5.41, 5.74) is -1.08. The average Bonchev–Trinajstić information content (AvgIpc) is 2.09. The SMILES string of the molecule is FC(F)(F)c1cnc(OC2COC2)nc1Cl. The van der Waals surface area contributed by atoms with Crippen LogP contribution in [-0.4, -0.2) is 29.3 Å². The fourth-order valence-corrected chi connectivity index (χ4v) is 1.25. The van der Waals surface area contributed by atoms with Crippen molar-refractivity contribution in [3.05, 3.63) is 16.9 Å². The molecule has 1 aliphatic rings. The summed E-state index contributed by atoms with van der Waals surface area (Å²) in [6, 6.07) is -0.175. The number of rotatable bonds is 2. The Morgan fingerprint density at radius 1 is 1.44 bits per heavy atom. The van der Waals surface area contributed by atoms with Crippen LogP contribution < -0.4 is 4.74 Å². The maximum Gasteiger partial charge on any atom is 0.420 e. The zero-order valence-corrected chi connectivity index (χ0v) is 8.55. The van der Waals surface area contributed by atoms with Gasteiger partial charge in [0.25, 0.3) is 0 Å². The van der Waals surface area contributed by atoms with Crippen molar-refractivity contribution in [2.45, 2.75) is 12.3 Å². The van der Waals surface area contributed by atoms with E-state index in [0.29, 0.717) is 19.4 Å². The van der Waals surface area contributed by atoms with Gasteiger partial charge in [0.05, 0.1) is 13.2 Å². The van der Waals surface area contributed by atoms with E-state index >= 15 is 0 Å². The molecule has 1 aromatic rings. The number of hydrogen-bond acceptors (Lipinski definition) is 4. The Morgan fingerprint density at radius 2 is 2.12 bits per heavy atom. The number of ether oxygens (including phenoxy) is 2. The molecule has 1 saturated heterocycles. The third-order valence-electron chi connectivity index (χ3n) is 1.91. The first-order valence-electron chi connectivity index (χ1n) is 4.31. The summed E-state index contributed by atoms with van der Waals surface area (Å²) in [4.78, 5) is 6.85. The molecule has 88 valence electrons. The predicted molar refractivity (Wildman–Crippen MR) is 47.3 cm³/mol. The van der Waals surface area contributed by atoms with Crippen molar-refractivity contribution >= 4 is 11.6 Å². The van der Waals surface area contributed by atoms with Crippen LogP contribution in [0.15, 0.2) is 6.20 Å². The molecule has 2 heterocycles. The fourth-order valence-electron chi connectivity index (χ4n) is 1.02. The normalized spacial score (nSPS) is 17.0. The molecule has 0 saturated carbocycles. The van der Waals surface area contributed by atoms with Crippen molar-refractivity contribution in [2.24, 2.45) is 0 Å². The van der Waals surface area contributed by atoms with Gasteiger partial charge >= 0.3 is 12.2 Å². The van der Waals surface area contributed by atoms with Crippen LogP contribution in [0.1, 0.15) is 5.56 Å². The number of alkyl halides is 3. The van der Waals surface area contributed by atoms with Crippen LogP contribution in [0.4, 0.5) is 13.2 Å². The number of hydrogen-bond donors (Lipinski definition) is 0. The van der Waals surface area contributed by atoms with Crippen molar-refractivity contribution in [3.63, 3.8) is 0 Å². The van der Waals surface area contributed by atoms with Crippen LogP contribution in [0, 0.1) is 0 Å². The van der Waals surface area contributed by atoms with Gasteiger partial charge in [0.15, 0.2) is 0 Å². The third kappa shape index (κ3) is 2.35. The third-order valence-corrected chi connectivity index (χ3v) is 2.19. The highest BCUT2D eigenvalue weighted by Crippen LogP contribution is 2.33. The number of nitrogens with zero attached hydrogens (tertiary/aromatic N) is 2. The molecule has 0 unspecified atom stereocenters. The van der Waals surface area contributed by atoms with Crippen LogP contribution in [0.2, 0.25) is 5.15 Å². The molecule has 4 nitrogen and oxygen atoms in total. The van der Waals surface area contributed by atoms with Crippen LogP contribution in [0.3, 0.4) is 0 Å². The molecule has 0 N–H and O–H groups in total. The second kappa shape index (κ2) is 4.06. The van der Waals surface area contributed by atoms with Gasteiger partial charge in [-0.1, -0.05) is 11.6 Å². The molecule has 1 aliphatic heterocycles. The molecule has 1 fully saturated rings. The minimum absolute atomic E-state index is 0.175. The minimum Gasteiger partial charge on any atom is -0.455 e. The summed E-state index contributed by atoms with van der Waals surface area (Å²) in [7, 11) is 0. The second-order valence-electron chi connectivity index (χ2n) is 3.13. The first-order valence-corrected chi connectivity index (χ1v) is 4.69. The van der Waals surface area contributed by atoms with Gasteiger partial charge in [0.2, 0.25) is 0 Å². The quantitative estimate of drug-likeness (QED) is 0.757. The average molecular weight is 255 g/mol. The van der Waals surface area contributed by atoms with E-state index in [1.165, 1.54) is 0 Å². The van der Waals surface area contributed by atoms with E-state index < -0.39 is 16.9 Å². The van der Waals surface area contributed by atoms with E-state index in [1.54, 1.807) is 0 Å². The zero-order chi connectivity index (χ0) is 11.8. The largest absolute Gasteiger partial charge is 0.455 e. The lowest BCUT2D eigenvalue weighted by molar-refractivity contribution is -0.138. The van der Waals surface area contributed by atoms with Gasteiger partial charge in [-0.15, -0.1) is 0 Å². The molecule has 0 aliphatic carbocycles. The molecular formula is C8H6ClF3N2O2. The highest BCUT2D eigenvalue weighted by Gasteiger charge is 2.35. The van der Waals surface area contributed by atoms with Crippen LogP contribution in [0.25, 0.3) is 0 Å². The molecule has 16 heavy (non-hydrogen) atoms. The van der Waals surface area contributed by atoms with Crippen LogP contribution in [0.5, 0.6) is 6.01 Å². The van der Waals surface area contributed by atoms with Gasteiger partial charge in [-0.25, -0.2) is 4.98 Å². The standard InChI is InChI=1S/C8H6ClF3N2O2/c9-6-5(8(10,11)12)1-13-7(14-6)16-4-2-15-3-4/h1,4H,2-3H2. The lowest BCUT2D eigenvalue weighted by atomic mass is 10.3. The van der Waals surface area contributed by atoms with Crippen molar-refractivity contribution in [2.75, 3.05) is 13.2 Å². The summed E-state index contributed by atoms with van der Waals surface area (Å²) in [6.07, 6.45) is -4.17.